The zero-order chi connectivity index (χ0) is 23.8. The first-order valence-corrected chi connectivity index (χ1v) is 12.1. The predicted octanol–water partition coefficient (Wildman–Crippen LogP) is 3.76. The molecule has 9 heteroatoms. The maximum atomic E-state index is 12.4. The molecule has 33 heavy (non-hydrogen) atoms. The van der Waals surface area contributed by atoms with E-state index in [1.807, 2.05) is 18.2 Å². The molecule has 1 fully saturated rings. The number of carbonyl (C=O) groups excluding carboxylic acids is 1. The Morgan fingerprint density at radius 3 is 2.58 bits per heavy atom. The molecular weight excluding hydrogens is 442 g/mol. The van der Waals surface area contributed by atoms with E-state index in [-0.39, 0.29) is 35.3 Å². The van der Waals surface area contributed by atoms with E-state index in [1.54, 1.807) is 12.1 Å². The van der Waals surface area contributed by atoms with Crippen LogP contribution in [0.3, 0.4) is 0 Å². The van der Waals surface area contributed by atoms with Crippen LogP contribution in [0.4, 0.5) is 5.69 Å². The Morgan fingerprint density at radius 2 is 1.91 bits per heavy atom. The second kappa shape index (κ2) is 12.0. The summed E-state index contributed by atoms with van der Waals surface area (Å²) in [6.07, 6.45) is 0.426. The molecule has 1 aliphatic rings. The van der Waals surface area contributed by atoms with Crippen molar-refractivity contribution in [1.82, 2.24) is 10.2 Å². The maximum absolute atomic E-state index is 12.4. The third-order valence-electron chi connectivity index (χ3n) is 5.43. The van der Waals surface area contributed by atoms with Gasteiger partial charge in [-0.2, -0.15) is 0 Å². The van der Waals surface area contributed by atoms with Crippen LogP contribution in [0.2, 0.25) is 0 Å². The van der Waals surface area contributed by atoms with E-state index in [1.165, 1.54) is 30.5 Å². The van der Waals surface area contributed by atoms with E-state index in [4.69, 9.17) is 9.47 Å². The van der Waals surface area contributed by atoms with Gasteiger partial charge >= 0.3 is 5.69 Å². The summed E-state index contributed by atoms with van der Waals surface area (Å²) >= 11 is 1.42. The number of nitro groups is 1. The SMILES string of the molecule is COc1ccc(CSCC(=O)NCc2ccccc2CN2CC(C)OC(C)C2)cc1[N+](=O)[O-]. The van der Waals surface area contributed by atoms with Gasteiger partial charge in [-0.25, -0.2) is 0 Å². The molecule has 1 N–H and O–H groups in total. The van der Waals surface area contributed by atoms with Crippen molar-refractivity contribution < 1.29 is 19.2 Å². The zero-order valence-electron chi connectivity index (χ0n) is 19.3. The van der Waals surface area contributed by atoms with Crippen molar-refractivity contribution in [3.8, 4) is 5.75 Å². The summed E-state index contributed by atoms with van der Waals surface area (Å²) in [5.74, 6) is 0.945. The molecule has 1 saturated heterocycles. The molecule has 1 aliphatic heterocycles. The lowest BCUT2D eigenvalue weighted by molar-refractivity contribution is -0.385. The van der Waals surface area contributed by atoms with Crippen LogP contribution in [0.1, 0.15) is 30.5 Å². The van der Waals surface area contributed by atoms with Gasteiger partial charge in [-0.3, -0.25) is 19.8 Å². The third kappa shape index (κ3) is 7.45. The molecule has 0 aromatic heterocycles. The van der Waals surface area contributed by atoms with Gasteiger partial charge in [0.15, 0.2) is 5.75 Å². The summed E-state index contributed by atoms with van der Waals surface area (Å²) in [5, 5.41) is 14.2. The Balaban J connectivity index is 1.48. The molecule has 1 amide bonds. The first-order valence-electron chi connectivity index (χ1n) is 11.0. The Hall–Kier alpha value is -2.62. The number of hydrogen-bond acceptors (Lipinski definition) is 7. The molecule has 2 aromatic rings. The monoisotopic (exact) mass is 473 g/mol. The predicted molar refractivity (Wildman–Crippen MR) is 129 cm³/mol. The number of ether oxygens (including phenoxy) is 2. The normalized spacial score (nSPS) is 18.6. The molecule has 3 rings (SSSR count). The average molecular weight is 474 g/mol. The molecule has 0 saturated carbocycles. The van der Waals surface area contributed by atoms with E-state index >= 15 is 0 Å². The standard InChI is InChI=1S/C24H31N3O5S/c1-17-12-26(13-18(2)32-17)14-21-7-5-4-6-20(21)11-25-24(28)16-33-15-19-8-9-23(31-3)22(10-19)27(29)30/h4-10,17-18H,11-16H2,1-3H3,(H,25,28). The highest BCUT2D eigenvalue weighted by Gasteiger charge is 2.22. The maximum Gasteiger partial charge on any atom is 0.311 e. The molecule has 2 atom stereocenters. The van der Waals surface area contributed by atoms with Gasteiger partial charge in [-0.05, 0) is 36.6 Å². The molecule has 0 radical (unpaired) electrons. The third-order valence-corrected chi connectivity index (χ3v) is 6.43. The van der Waals surface area contributed by atoms with Gasteiger partial charge in [0.1, 0.15) is 0 Å². The molecule has 8 nitrogen and oxygen atoms in total. The van der Waals surface area contributed by atoms with Gasteiger partial charge < -0.3 is 14.8 Å². The topological polar surface area (TPSA) is 93.9 Å². The lowest BCUT2D eigenvalue weighted by Crippen LogP contribution is -2.45. The van der Waals surface area contributed by atoms with Gasteiger partial charge in [-0.1, -0.05) is 30.3 Å². The Morgan fingerprint density at radius 1 is 1.21 bits per heavy atom. The first kappa shape index (κ1) is 25.0. The fraction of sp³-hybridized carbons (Fsp3) is 0.458. The number of nitrogens with zero attached hydrogens (tertiary/aromatic N) is 2. The van der Waals surface area contributed by atoms with Gasteiger partial charge in [0.05, 0.1) is 30.0 Å². The highest BCUT2D eigenvalue weighted by molar-refractivity contribution is 7.99. The largest absolute Gasteiger partial charge is 0.490 e. The average Bonchev–Trinajstić information content (AvgIpc) is 2.77. The molecule has 0 aliphatic carbocycles. The molecule has 178 valence electrons. The summed E-state index contributed by atoms with van der Waals surface area (Å²) in [6, 6.07) is 13.0. The number of thioether (sulfide) groups is 1. The zero-order valence-corrected chi connectivity index (χ0v) is 20.1. The van der Waals surface area contributed by atoms with Gasteiger partial charge in [0.25, 0.3) is 0 Å². The molecular formula is C24H31N3O5S. The van der Waals surface area contributed by atoms with E-state index in [2.05, 4.69) is 30.1 Å². The summed E-state index contributed by atoms with van der Waals surface area (Å²) in [6.45, 7) is 7.28. The van der Waals surface area contributed by atoms with Crippen LogP contribution in [-0.2, 0) is 28.4 Å². The summed E-state index contributed by atoms with van der Waals surface area (Å²) in [4.78, 5) is 25.5. The number of nitrogens with one attached hydrogen (secondary N) is 1. The van der Waals surface area contributed by atoms with E-state index in [0.29, 0.717) is 12.3 Å². The summed E-state index contributed by atoms with van der Waals surface area (Å²) in [5.41, 5.74) is 3.02. The number of morpholine rings is 1. The van der Waals surface area contributed by atoms with Crippen LogP contribution in [0.5, 0.6) is 5.75 Å². The molecule has 0 bridgehead atoms. The van der Waals surface area contributed by atoms with Crippen molar-refractivity contribution in [2.45, 2.75) is 44.9 Å². The van der Waals surface area contributed by atoms with Gasteiger partial charge in [-0.15, -0.1) is 11.8 Å². The molecule has 2 unspecified atom stereocenters. The summed E-state index contributed by atoms with van der Waals surface area (Å²) < 4.78 is 10.8. The Bertz CT molecular complexity index is 961. The fourth-order valence-electron chi connectivity index (χ4n) is 4.01. The summed E-state index contributed by atoms with van der Waals surface area (Å²) in [7, 11) is 1.40. The van der Waals surface area contributed by atoms with Crippen molar-refractivity contribution in [3.63, 3.8) is 0 Å². The van der Waals surface area contributed by atoms with Crippen LogP contribution < -0.4 is 10.1 Å². The number of hydrogen-bond donors (Lipinski definition) is 1. The smallest absolute Gasteiger partial charge is 0.311 e. The number of benzene rings is 2. The van der Waals surface area contributed by atoms with E-state index < -0.39 is 4.92 Å². The number of nitro benzene ring substituents is 1. The fourth-order valence-corrected chi connectivity index (χ4v) is 4.82. The number of rotatable bonds is 10. The van der Waals surface area contributed by atoms with Crippen molar-refractivity contribution in [3.05, 3.63) is 69.3 Å². The molecule has 1 heterocycles. The van der Waals surface area contributed by atoms with Gasteiger partial charge in [0.2, 0.25) is 5.91 Å². The lowest BCUT2D eigenvalue weighted by atomic mass is 10.1. The number of carbonyl (C=O) groups is 1. The van der Waals surface area contributed by atoms with Crippen molar-refractivity contribution in [1.29, 1.82) is 0 Å². The lowest BCUT2D eigenvalue weighted by Gasteiger charge is -2.35. The van der Waals surface area contributed by atoms with E-state index in [0.717, 1.165) is 30.8 Å². The van der Waals surface area contributed by atoms with Crippen LogP contribution in [0, 0.1) is 10.1 Å². The van der Waals surface area contributed by atoms with Crippen LogP contribution in [0.15, 0.2) is 42.5 Å². The minimum Gasteiger partial charge on any atom is -0.490 e. The second-order valence-electron chi connectivity index (χ2n) is 8.25. The van der Waals surface area contributed by atoms with Crippen molar-refractivity contribution in [2.75, 3.05) is 26.0 Å². The number of methoxy groups -OCH3 is 1. The van der Waals surface area contributed by atoms with E-state index in [9.17, 15) is 14.9 Å². The minimum atomic E-state index is -0.463. The highest BCUT2D eigenvalue weighted by Crippen LogP contribution is 2.29. The van der Waals surface area contributed by atoms with Crippen LogP contribution in [-0.4, -0.2) is 53.9 Å². The quantitative estimate of drug-likeness (QED) is 0.415. The van der Waals surface area contributed by atoms with Crippen molar-refractivity contribution >= 4 is 23.4 Å². The highest BCUT2D eigenvalue weighted by atomic mass is 32.2. The number of amides is 1. The molecule has 0 spiro atoms. The molecule has 2 aromatic carbocycles. The van der Waals surface area contributed by atoms with Gasteiger partial charge in [0, 0.05) is 38.0 Å². The first-order chi connectivity index (χ1) is 15.9. The van der Waals surface area contributed by atoms with Crippen molar-refractivity contribution in [2.24, 2.45) is 0 Å². The second-order valence-corrected chi connectivity index (χ2v) is 9.24. The Kier molecular flexibility index (Phi) is 9.11. The Labute approximate surface area is 198 Å². The minimum absolute atomic E-state index is 0.0635. The van der Waals surface area contributed by atoms with Crippen LogP contribution in [0.25, 0.3) is 0 Å². The van der Waals surface area contributed by atoms with Crippen LogP contribution >= 0.6 is 11.8 Å².